The second kappa shape index (κ2) is 6.98. The summed E-state index contributed by atoms with van der Waals surface area (Å²) in [4.78, 5) is 20.7. The molecule has 116 valence electrons. The molecule has 0 unspecified atom stereocenters. The van der Waals surface area contributed by atoms with Crippen LogP contribution in [0.4, 0.5) is 16.0 Å². The summed E-state index contributed by atoms with van der Waals surface area (Å²) in [7, 11) is 0. The minimum absolute atomic E-state index is 0.267. The Hall–Kier alpha value is -2.50. The smallest absolute Gasteiger partial charge is 0.274 e. The molecule has 0 atom stereocenters. The summed E-state index contributed by atoms with van der Waals surface area (Å²) < 4.78 is 12.9. The van der Waals surface area contributed by atoms with Gasteiger partial charge in [0.15, 0.2) is 0 Å². The van der Waals surface area contributed by atoms with E-state index >= 15 is 0 Å². The Morgan fingerprint density at radius 2 is 1.91 bits per heavy atom. The first-order chi connectivity index (χ1) is 10.4. The van der Waals surface area contributed by atoms with Gasteiger partial charge in [0.25, 0.3) is 5.91 Å². The van der Waals surface area contributed by atoms with Crippen molar-refractivity contribution in [2.75, 3.05) is 17.2 Å². The zero-order valence-corrected chi connectivity index (χ0v) is 12.9. The Labute approximate surface area is 129 Å². The average Bonchev–Trinajstić information content (AvgIpc) is 2.47. The lowest BCUT2D eigenvalue weighted by molar-refractivity contribution is 0.102. The lowest BCUT2D eigenvalue weighted by atomic mass is 10.2. The summed E-state index contributed by atoms with van der Waals surface area (Å²) in [5.74, 6) is 0.166. The second-order valence-electron chi connectivity index (χ2n) is 5.45. The van der Waals surface area contributed by atoms with E-state index in [0.29, 0.717) is 23.2 Å². The van der Waals surface area contributed by atoms with Gasteiger partial charge in [-0.25, -0.2) is 14.4 Å². The van der Waals surface area contributed by atoms with E-state index in [4.69, 9.17) is 0 Å². The molecule has 1 amide bonds. The standard InChI is InChI=1S/C16H19FN4O/c1-10(2)9-18-16-19-11(3)8-14(21-16)15(22)20-13-6-4-12(17)5-7-13/h4-8,10H,9H2,1-3H3,(H,20,22)(H,18,19,21). The summed E-state index contributed by atoms with van der Waals surface area (Å²) in [6.45, 7) is 6.68. The molecule has 0 spiro atoms. The van der Waals surface area contributed by atoms with Crippen molar-refractivity contribution >= 4 is 17.5 Å². The van der Waals surface area contributed by atoms with Crippen molar-refractivity contribution in [1.82, 2.24) is 9.97 Å². The summed E-state index contributed by atoms with van der Waals surface area (Å²) in [5, 5.41) is 5.78. The van der Waals surface area contributed by atoms with Gasteiger partial charge in [0.05, 0.1) is 0 Å². The first-order valence-electron chi connectivity index (χ1n) is 7.10. The van der Waals surface area contributed by atoms with Gasteiger partial charge in [0.2, 0.25) is 5.95 Å². The average molecular weight is 302 g/mol. The van der Waals surface area contributed by atoms with E-state index < -0.39 is 0 Å². The van der Waals surface area contributed by atoms with Gasteiger partial charge in [-0.2, -0.15) is 0 Å². The van der Waals surface area contributed by atoms with Crippen LogP contribution in [0.3, 0.4) is 0 Å². The predicted octanol–water partition coefficient (Wildman–Crippen LogP) is 3.24. The van der Waals surface area contributed by atoms with Gasteiger partial charge in [0, 0.05) is 17.9 Å². The maximum atomic E-state index is 12.9. The van der Waals surface area contributed by atoms with Crippen molar-refractivity contribution < 1.29 is 9.18 Å². The largest absolute Gasteiger partial charge is 0.354 e. The monoisotopic (exact) mass is 302 g/mol. The van der Waals surface area contributed by atoms with E-state index in [1.165, 1.54) is 24.3 Å². The lowest BCUT2D eigenvalue weighted by Gasteiger charge is -2.10. The maximum absolute atomic E-state index is 12.9. The zero-order valence-electron chi connectivity index (χ0n) is 12.9. The molecular formula is C16H19FN4O. The maximum Gasteiger partial charge on any atom is 0.274 e. The van der Waals surface area contributed by atoms with Crippen molar-refractivity contribution in [3.63, 3.8) is 0 Å². The number of carbonyl (C=O) groups excluding carboxylic acids is 1. The number of nitrogens with zero attached hydrogens (tertiary/aromatic N) is 2. The van der Waals surface area contributed by atoms with Gasteiger partial charge in [0.1, 0.15) is 11.5 Å². The van der Waals surface area contributed by atoms with Crippen molar-refractivity contribution in [3.05, 3.63) is 47.5 Å². The van der Waals surface area contributed by atoms with E-state index in [1.807, 2.05) is 0 Å². The van der Waals surface area contributed by atoms with Crippen molar-refractivity contribution in [2.24, 2.45) is 5.92 Å². The molecule has 0 fully saturated rings. The lowest BCUT2D eigenvalue weighted by Crippen LogP contribution is -2.17. The molecule has 5 nitrogen and oxygen atoms in total. The predicted molar refractivity (Wildman–Crippen MR) is 84.4 cm³/mol. The number of nitrogens with one attached hydrogen (secondary N) is 2. The van der Waals surface area contributed by atoms with Gasteiger partial charge in [-0.3, -0.25) is 4.79 Å². The summed E-state index contributed by atoms with van der Waals surface area (Å²) in [6, 6.07) is 7.19. The number of hydrogen-bond acceptors (Lipinski definition) is 4. The molecule has 1 aromatic carbocycles. The Kier molecular flexibility index (Phi) is 5.04. The summed E-state index contributed by atoms with van der Waals surface area (Å²) >= 11 is 0. The number of benzene rings is 1. The molecule has 0 saturated heterocycles. The molecule has 0 aliphatic carbocycles. The fraction of sp³-hybridized carbons (Fsp3) is 0.312. The van der Waals surface area contributed by atoms with Crippen LogP contribution in [-0.4, -0.2) is 22.4 Å². The number of carbonyl (C=O) groups is 1. The molecule has 2 N–H and O–H groups in total. The fourth-order valence-corrected chi connectivity index (χ4v) is 1.79. The number of rotatable bonds is 5. The fourth-order valence-electron chi connectivity index (χ4n) is 1.79. The molecule has 2 aromatic rings. The highest BCUT2D eigenvalue weighted by Crippen LogP contribution is 2.11. The highest BCUT2D eigenvalue weighted by Gasteiger charge is 2.11. The molecule has 22 heavy (non-hydrogen) atoms. The molecule has 0 bridgehead atoms. The quantitative estimate of drug-likeness (QED) is 0.889. The van der Waals surface area contributed by atoms with Crippen LogP contribution in [-0.2, 0) is 0 Å². The Bertz CT molecular complexity index is 656. The molecule has 0 radical (unpaired) electrons. The molecular weight excluding hydrogens is 283 g/mol. The molecule has 2 rings (SSSR count). The van der Waals surface area contributed by atoms with Crippen LogP contribution in [0.2, 0.25) is 0 Å². The van der Waals surface area contributed by atoms with E-state index in [1.54, 1.807) is 13.0 Å². The van der Waals surface area contributed by atoms with E-state index in [9.17, 15) is 9.18 Å². The Morgan fingerprint density at radius 3 is 2.55 bits per heavy atom. The van der Waals surface area contributed by atoms with E-state index in [0.717, 1.165) is 6.54 Å². The second-order valence-corrected chi connectivity index (χ2v) is 5.45. The number of halogens is 1. The molecule has 0 saturated carbocycles. The van der Waals surface area contributed by atoms with Crippen LogP contribution < -0.4 is 10.6 Å². The van der Waals surface area contributed by atoms with E-state index in [2.05, 4.69) is 34.4 Å². The molecule has 0 aliphatic heterocycles. The number of hydrogen-bond donors (Lipinski definition) is 2. The number of amides is 1. The normalized spacial score (nSPS) is 10.6. The molecule has 1 heterocycles. The number of aryl methyl sites for hydroxylation is 1. The van der Waals surface area contributed by atoms with Crippen LogP contribution in [0.5, 0.6) is 0 Å². The third-order valence-electron chi connectivity index (χ3n) is 2.86. The first-order valence-corrected chi connectivity index (χ1v) is 7.10. The highest BCUT2D eigenvalue weighted by molar-refractivity contribution is 6.03. The topological polar surface area (TPSA) is 66.9 Å². The third-order valence-corrected chi connectivity index (χ3v) is 2.86. The number of anilines is 2. The van der Waals surface area contributed by atoms with Crippen LogP contribution in [0.25, 0.3) is 0 Å². The van der Waals surface area contributed by atoms with Crippen molar-refractivity contribution in [3.8, 4) is 0 Å². The third kappa shape index (κ3) is 4.51. The summed E-state index contributed by atoms with van der Waals surface area (Å²) in [6.07, 6.45) is 0. The van der Waals surface area contributed by atoms with Gasteiger partial charge in [-0.05, 0) is 43.2 Å². The van der Waals surface area contributed by atoms with Crippen LogP contribution >= 0.6 is 0 Å². The number of aromatic nitrogens is 2. The molecule has 1 aromatic heterocycles. The van der Waals surface area contributed by atoms with Crippen molar-refractivity contribution in [2.45, 2.75) is 20.8 Å². The van der Waals surface area contributed by atoms with Crippen LogP contribution in [0.15, 0.2) is 30.3 Å². The van der Waals surface area contributed by atoms with Gasteiger partial charge in [-0.1, -0.05) is 13.8 Å². The van der Waals surface area contributed by atoms with Crippen LogP contribution in [0.1, 0.15) is 30.0 Å². The Balaban J connectivity index is 2.13. The van der Waals surface area contributed by atoms with Gasteiger partial charge < -0.3 is 10.6 Å². The highest BCUT2D eigenvalue weighted by atomic mass is 19.1. The minimum atomic E-state index is -0.357. The molecule has 0 aliphatic rings. The summed E-state index contributed by atoms with van der Waals surface area (Å²) in [5.41, 5.74) is 1.48. The van der Waals surface area contributed by atoms with E-state index in [-0.39, 0.29) is 17.4 Å². The molecule has 6 heteroatoms. The minimum Gasteiger partial charge on any atom is -0.354 e. The van der Waals surface area contributed by atoms with Gasteiger partial charge in [-0.15, -0.1) is 0 Å². The van der Waals surface area contributed by atoms with Gasteiger partial charge >= 0.3 is 0 Å². The van der Waals surface area contributed by atoms with Crippen LogP contribution in [0, 0.1) is 18.7 Å². The van der Waals surface area contributed by atoms with Crippen molar-refractivity contribution in [1.29, 1.82) is 0 Å². The Morgan fingerprint density at radius 1 is 1.23 bits per heavy atom. The SMILES string of the molecule is Cc1cc(C(=O)Nc2ccc(F)cc2)nc(NCC(C)C)n1. The zero-order chi connectivity index (χ0) is 16.1. The first kappa shape index (κ1) is 15.9.